The number of aryl methyl sites for hydroxylation is 1. The number of thiophene rings is 1. The van der Waals surface area contributed by atoms with E-state index in [4.69, 9.17) is 0 Å². The molecule has 124 valence electrons. The molecule has 1 amide bonds. The minimum absolute atomic E-state index is 0.107. The van der Waals surface area contributed by atoms with E-state index in [-0.39, 0.29) is 5.91 Å². The van der Waals surface area contributed by atoms with Gasteiger partial charge in [-0.2, -0.15) is 5.10 Å². The Morgan fingerprint density at radius 2 is 2.08 bits per heavy atom. The smallest absolute Gasteiger partial charge is 0.261 e. The summed E-state index contributed by atoms with van der Waals surface area (Å²) < 4.78 is 2.81. The van der Waals surface area contributed by atoms with Gasteiger partial charge in [0.05, 0.1) is 29.0 Å². The molecule has 7 heteroatoms. The molecule has 1 aromatic carbocycles. The number of carbonyl (C=O) groups excluding carboxylic acids is 1. The number of benzene rings is 1. The topological polar surface area (TPSA) is 72.7 Å². The molecule has 6 nitrogen and oxygen atoms in total. The van der Waals surface area contributed by atoms with E-state index in [1.165, 1.54) is 11.3 Å². The van der Waals surface area contributed by atoms with Crippen molar-refractivity contribution in [3.05, 3.63) is 65.7 Å². The monoisotopic (exact) mass is 349 g/mol. The summed E-state index contributed by atoms with van der Waals surface area (Å²) in [6.45, 7) is 0.311. The average Bonchev–Trinajstić information content (AvgIpc) is 3.26. The summed E-state index contributed by atoms with van der Waals surface area (Å²) >= 11 is 1.48. The van der Waals surface area contributed by atoms with Crippen LogP contribution in [0.15, 0.2) is 55.1 Å². The Bertz CT molecular complexity index is 1020. The lowest BCUT2D eigenvalue weighted by molar-refractivity contribution is 0.0954. The second-order valence-corrected chi connectivity index (χ2v) is 6.67. The van der Waals surface area contributed by atoms with Gasteiger partial charge in [-0.25, -0.2) is 0 Å². The van der Waals surface area contributed by atoms with Crippen molar-refractivity contribution in [3.8, 4) is 11.3 Å². The number of fused-ring (bicyclic) bond motifs is 1. The summed E-state index contributed by atoms with van der Waals surface area (Å²) in [6, 6.07) is 9.87. The van der Waals surface area contributed by atoms with Crippen LogP contribution < -0.4 is 5.32 Å². The van der Waals surface area contributed by atoms with Crippen LogP contribution in [0.25, 0.3) is 21.3 Å². The van der Waals surface area contributed by atoms with Gasteiger partial charge in [0.25, 0.3) is 5.91 Å². The maximum atomic E-state index is 12.5. The van der Waals surface area contributed by atoms with Crippen LogP contribution >= 0.6 is 11.3 Å². The van der Waals surface area contributed by atoms with Crippen molar-refractivity contribution in [2.24, 2.45) is 7.05 Å². The highest BCUT2D eigenvalue weighted by Gasteiger charge is 2.13. The summed E-state index contributed by atoms with van der Waals surface area (Å²) in [5, 5.41) is 8.18. The molecule has 0 radical (unpaired) electrons. The molecule has 0 aliphatic heterocycles. The molecular formula is C18H15N5OS. The molecule has 0 aliphatic carbocycles. The second-order valence-electron chi connectivity index (χ2n) is 5.59. The SMILES string of the molecule is Cn1cc(-c2nccnc2CNC(=O)c2cc3ccccc3s2)cn1. The first-order valence-electron chi connectivity index (χ1n) is 7.76. The zero-order chi connectivity index (χ0) is 17.2. The van der Waals surface area contributed by atoms with Crippen LogP contribution in [0.4, 0.5) is 0 Å². The molecule has 0 spiro atoms. The second kappa shape index (κ2) is 6.45. The molecule has 0 bridgehead atoms. The third-order valence-electron chi connectivity index (χ3n) is 3.82. The van der Waals surface area contributed by atoms with Crippen molar-refractivity contribution >= 4 is 27.3 Å². The fourth-order valence-electron chi connectivity index (χ4n) is 2.63. The van der Waals surface area contributed by atoms with Crippen molar-refractivity contribution in [3.63, 3.8) is 0 Å². The van der Waals surface area contributed by atoms with Gasteiger partial charge >= 0.3 is 0 Å². The largest absolute Gasteiger partial charge is 0.346 e. The Hall–Kier alpha value is -3.06. The summed E-state index contributed by atoms with van der Waals surface area (Å²) in [5.74, 6) is -0.107. The van der Waals surface area contributed by atoms with Crippen LogP contribution in [0.3, 0.4) is 0 Å². The van der Waals surface area contributed by atoms with E-state index in [0.717, 1.165) is 21.3 Å². The summed E-state index contributed by atoms with van der Waals surface area (Å²) in [5.41, 5.74) is 2.32. The minimum atomic E-state index is -0.107. The summed E-state index contributed by atoms with van der Waals surface area (Å²) in [7, 11) is 1.85. The van der Waals surface area contributed by atoms with Crippen LogP contribution in [0, 0.1) is 0 Å². The lowest BCUT2D eigenvalue weighted by atomic mass is 10.2. The Morgan fingerprint density at radius 1 is 1.24 bits per heavy atom. The van der Waals surface area contributed by atoms with Gasteiger partial charge in [-0.1, -0.05) is 18.2 Å². The van der Waals surface area contributed by atoms with Crippen molar-refractivity contribution in [1.82, 2.24) is 25.1 Å². The Kier molecular flexibility index (Phi) is 3.99. The molecule has 3 heterocycles. The van der Waals surface area contributed by atoms with E-state index in [1.807, 2.05) is 43.6 Å². The molecule has 1 N–H and O–H groups in total. The molecule has 3 aromatic heterocycles. The normalized spacial score (nSPS) is 10.9. The maximum Gasteiger partial charge on any atom is 0.261 e. The van der Waals surface area contributed by atoms with Crippen LogP contribution in [0.2, 0.25) is 0 Å². The first-order chi connectivity index (χ1) is 12.2. The standard InChI is InChI=1S/C18H15N5OS/c1-23-11-13(9-22-23)17-14(19-6-7-20-17)10-21-18(24)16-8-12-4-2-3-5-15(12)25-16/h2-9,11H,10H2,1H3,(H,21,24). The van der Waals surface area contributed by atoms with Gasteiger partial charge in [0.2, 0.25) is 0 Å². The summed E-state index contributed by atoms with van der Waals surface area (Å²) in [6.07, 6.45) is 6.88. The molecule has 4 rings (SSSR count). The molecule has 0 aliphatic rings. The van der Waals surface area contributed by atoms with E-state index in [1.54, 1.807) is 23.3 Å². The molecule has 0 fully saturated rings. The predicted molar refractivity (Wildman–Crippen MR) is 97.2 cm³/mol. The first kappa shape index (κ1) is 15.5. The molecule has 0 unspecified atom stereocenters. The number of amides is 1. The van der Waals surface area contributed by atoms with Gasteiger partial charge in [-0.05, 0) is 17.5 Å². The number of hydrogen-bond acceptors (Lipinski definition) is 5. The van der Waals surface area contributed by atoms with Crippen LogP contribution in [-0.4, -0.2) is 25.7 Å². The zero-order valence-electron chi connectivity index (χ0n) is 13.5. The molecular weight excluding hydrogens is 334 g/mol. The average molecular weight is 349 g/mol. The quantitative estimate of drug-likeness (QED) is 0.615. The van der Waals surface area contributed by atoms with E-state index in [0.29, 0.717) is 17.1 Å². The van der Waals surface area contributed by atoms with Gasteiger partial charge in [0.15, 0.2) is 0 Å². The predicted octanol–water partition coefficient (Wildman–Crippen LogP) is 3.02. The highest BCUT2D eigenvalue weighted by molar-refractivity contribution is 7.20. The fourth-order valence-corrected chi connectivity index (χ4v) is 3.60. The van der Waals surface area contributed by atoms with E-state index in [9.17, 15) is 4.79 Å². The van der Waals surface area contributed by atoms with Crippen LogP contribution in [0.5, 0.6) is 0 Å². The Morgan fingerprint density at radius 3 is 2.88 bits per heavy atom. The van der Waals surface area contributed by atoms with Crippen molar-refractivity contribution in [1.29, 1.82) is 0 Å². The minimum Gasteiger partial charge on any atom is -0.346 e. The van der Waals surface area contributed by atoms with Gasteiger partial charge in [0.1, 0.15) is 0 Å². The summed E-state index contributed by atoms with van der Waals surface area (Å²) in [4.78, 5) is 21.9. The number of aromatic nitrogens is 4. The van der Waals surface area contributed by atoms with Crippen molar-refractivity contribution in [2.45, 2.75) is 6.54 Å². The van der Waals surface area contributed by atoms with E-state index < -0.39 is 0 Å². The molecule has 25 heavy (non-hydrogen) atoms. The van der Waals surface area contributed by atoms with Crippen molar-refractivity contribution < 1.29 is 4.79 Å². The van der Waals surface area contributed by atoms with E-state index in [2.05, 4.69) is 20.4 Å². The van der Waals surface area contributed by atoms with Gasteiger partial charge in [-0.15, -0.1) is 11.3 Å². The Labute approximate surface area is 148 Å². The number of rotatable bonds is 4. The fraction of sp³-hybridized carbons (Fsp3) is 0.111. The molecule has 0 atom stereocenters. The highest BCUT2D eigenvalue weighted by atomic mass is 32.1. The van der Waals surface area contributed by atoms with E-state index >= 15 is 0 Å². The number of carbonyl (C=O) groups is 1. The number of hydrogen-bond donors (Lipinski definition) is 1. The Balaban J connectivity index is 1.54. The van der Waals surface area contributed by atoms with Crippen LogP contribution in [-0.2, 0) is 13.6 Å². The van der Waals surface area contributed by atoms with Crippen molar-refractivity contribution in [2.75, 3.05) is 0 Å². The van der Waals surface area contributed by atoms with Crippen LogP contribution in [0.1, 0.15) is 15.4 Å². The molecule has 0 saturated heterocycles. The third kappa shape index (κ3) is 3.14. The first-order valence-corrected chi connectivity index (χ1v) is 8.58. The lowest BCUT2D eigenvalue weighted by Crippen LogP contribution is -2.23. The highest BCUT2D eigenvalue weighted by Crippen LogP contribution is 2.25. The van der Waals surface area contributed by atoms with Gasteiger partial charge in [-0.3, -0.25) is 19.4 Å². The maximum absolute atomic E-state index is 12.5. The van der Waals surface area contributed by atoms with Gasteiger partial charge < -0.3 is 5.32 Å². The zero-order valence-corrected chi connectivity index (χ0v) is 14.3. The number of nitrogens with zero attached hydrogens (tertiary/aromatic N) is 4. The third-order valence-corrected chi connectivity index (χ3v) is 4.93. The molecule has 4 aromatic rings. The lowest BCUT2D eigenvalue weighted by Gasteiger charge is -2.06. The molecule has 0 saturated carbocycles. The number of nitrogens with one attached hydrogen (secondary N) is 1. The van der Waals surface area contributed by atoms with Gasteiger partial charge in [0, 0.05) is 35.9 Å².